The number of nitrogens with one attached hydrogen (secondary N) is 2. The highest BCUT2D eigenvalue weighted by atomic mass is 16.5. The van der Waals surface area contributed by atoms with Crippen LogP contribution in [0.2, 0.25) is 0 Å². The van der Waals surface area contributed by atoms with Crippen molar-refractivity contribution in [3.8, 4) is 5.75 Å². The van der Waals surface area contributed by atoms with E-state index in [4.69, 9.17) is 4.74 Å². The molecule has 0 unspecified atom stereocenters. The minimum atomic E-state index is -0.652. The quantitative estimate of drug-likeness (QED) is 0.712. The summed E-state index contributed by atoms with van der Waals surface area (Å²) in [7, 11) is 0. The van der Waals surface area contributed by atoms with Crippen molar-refractivity contribution in [1.82, 2.24) is 5.32 Å². The van der Waals surface area contributed by atoms with Crippen molar-refractivity contribution in [2.75, 3.05) is 11.9 Å². The summed E-state index contributed by atoms with van der Waals surface area (Å²) in [4.78, 5) is 24.9. The minimum Gasteiger partial charge on any atom is -0.480 e. The van der Waals surface area contributed by atoms with Gasteiger partial charge in [0.15, 0.2) is 6.10 Å². The number of carbonyl (C=O) groups is 2. The van der Waals surface area contributed by atoms with Gasteiger partial charge in [0.2, 0.25) is 0 Å². The van der Waals surface area contributed by atoms with Crippen molar-refractivity contribution in [3.05, 3.63) is 72.3 Å². The first-order chi connectivity index (χ1) is 12.6. The molecule has 0 radical (unpaired) electrons. The molecular weight excluding hydrogens is 328 g/mol. The topological polar surface area (TPSA) is 67.4 Å². The van der Waals surface area contributed by atoms with Crippen LogP contribution in [0.5, 0.6) is 5.75 Å². The van der Waals surface area contributed by atoms with Gasteiger partial charge in [0.05, 0.1) is 11.3 Å². The first-order valence-corrected chi connectivity index (χ1v) is 8.58. The number of anilines is 1. The number of ether oxygens (including phenoxy) is 1. The Morgan fingerprint density at radius 2 is 1.85 bits per heavy atom. The highest BCUT2D eigenvalue weighted by Crippen LogP contribution is 2.20. The highest BCUT2D eigenvalue weighted by Gasteiger charge is 2.21. The molecule has 0 aliphatic carbocycles. The lowest BCUT2D eigenvalue weighted by Crippen LogP contribution is -2.33. The Morgan fingerprint density at radius 1 is 1.15 bits per heavy atom. The molecule has 2 N–H and O–H groups in total. The molecular formula is C21H24N2O3. The summed E-state index contributed by atoms with van der Waals surface area (Å²) in [5, 5.41) is 5.52. The van der Waals surface area contributed by atoms with Crippen molar-refractivity contribution in [3.63, 3.8) is 0 Å². The van der Waals surface area contributed by atoms with Crippen LogP contribution < -0.4 is 15.4 Å². The second-order valence-electron chi connectivity index (χ2n) is 5.81. The van der Waals surface area contributed by atoms with Gasteiger partial charge in [-0.3, -0.25) is 9.59 Å². The summed E-state index contributed by atoms with van der Waals surface area (Å²) >= 11 is 0. The average Bonchev–Trinajstić information content (AvgIpc) is 2.65. The number of benzene rings is 2. The predicted molar refractivity (Wildman–Crippen MR) is 103 cm³/mol. The van der Waals surface area contributed by atoms with E-state index < -0.39 is 6.10 Å². The second-order valence-corrected chi connectivity index (χ2v) is 5.81. The first-order valence-electron chi connectivity index (χ1n) is 8.58. The Kier molecular flexibility index (Phi) is 6.97. The van der Waals surface area contributed by atoms with Gasteiger partial charge in [-0.25, -0.2) is 0 Å². The molecule has 5 nitrogen and oxygen atoms in total. The number of hydrogen-bond acceptors (Lipinski definition) is 3. The molecule has 26 heavy (non-hydrogen) atoms. The summed E-state index contributed by atoms with van der Waals surface area (Å²) < 4.78 is 5.87. The van der Waals surface area contributed by atoms with Crippen molar-refractivity contribution in [2.24, 2.45) is 0 Å². The molecule has 0 heterocycles. The summed E-state index contributed by atoms with van der Waals surface area (Å²) in [5.41, 5.74) is 1.81. The third-order valence-corrected chi connectivity index (χ3v) is 3.86. The third kappa shape index (κ3) is 4.96. The number of carbonyl (C=O) groups excluding carboxylic acids is 2. The Labute approximate surface area is 154 Å². The lowest BCUT2D eigenvalue weighted by atomic mass is 10.1. The molecule has 5 heteroatoms. The highest BCUT2D eigenvalue weighted by molar-refractivity contribution is 6.04. The molecule has 1 atom stereocenters. The van der Waals surface area contributed by atoms with Crippen molar-refractivity contribution < 1.29 is 14.3 Å². The molecule has 0 saturated heterocycles. The van der Waals surface area contributed by atoms with Crippen LogP contribution in [-0.2, 0) is 4.79 Å². The van der Waals surface area contributed by atoms with E-state index in [1.807, 2.05) is 38.1 Å². The SMILES string of the molecule is C=CCNC(=O)c1ccccc1NC(=O)[C@@H](CC)Oc1ccccc1C. The van der Waals surface area contributed by atoms with Crippen molar-refractivity contribution >= 4 is 17.5 Å². The second kappa shape index (κ2) is 9.42. The van der Waals surface area contributed by atoms with Gasteiger partial charge in [-0.2, -0.15) is 0 Å². The molecule has 0 saturated carbocycles. The zero-order valence-corrected chi connectivity index (χ0v) is 15.1. The van der Waals surface area contributed by atoms with Gasteiger partial charge in [0.25, 0.3) is 11.8 Å². The molecule has 0 aliphatic heterocycles. The number of aryl methyl sites for hydroxylation is 1. The van der Waals surface area contributed by atoms with Crippen LogP contribution in [0.4, 0.5) is 5.69 Å². The van der Waals surface area contributed by atoms with E-state index in [2.05, 4.69) is 17.2 Å². The van der Waals surface area contributed by atoms with E-state index >= 15 is 0 Å². The normalized spacial score (nSPS) is 11.3. The molecule has 2 aromatic carbocycles. The standard InChI is InChI=1S/C21H24N2O3/c1-4-14-22-20(24)16-11-7-8-12-17(16)23-21(25)18(5-2)26-19-13-9-6-10-15(19)3/h4,6-13,18H,1,5,14H2,2-3H3,(H,22,24)(H,23,25)/t18-/m1/s1. The number of amides is 2. The van der Waals surface area contributed by atoms with Crippen molar-refractivity contribution in [1.29, 1.82) is 0 Å². The molecule has 0 fully saturated rings. The first kappa shape index (κ1) is 19.2. The van der Waals surface area contributed by atoms with E-state index in [0.717, 1.165) is 5.56 Å². The predicted octanol–water partition coefficient (Wildman–Crippen LogP) is 3.71. The summed E-state index contributed by atoms with van der Waals surface area (Å²) in [6.45, 7) is 7.74. The molecule has 0 bridgehead atoms. The van der Waals surface area contributed by atoms with E-state index in [-0.39, 0.29) is 11.8 Å². The van der Waals surface area contributed by atoms with Gasteiger partial charge in [-0.15, -0.1) is 6.58 Å². The van der Waals surface area contributed by atoms with Gasteiger partial charge in [0, 0.05) is 6.54 Å². The van der Waals surface area contributed by atoms with Crippen LogP contribution in [0, 0.1) is 6.92 Å². The van der Waals surface area contributed by atoms with Crippen LogP contribution >= 0.6 is 0 Å². The van der Waals surface area contributed by atoms with Gasteiger partial charge < -0.3 is 15.4 Å². The molecule has 0 aromatic heterocycles. The van der Waals surface area contributed by atoms with E-state index in [9.17, 15) is 9.59 Å². The third-order valence-electron chi connectivity index (χ3n) is 3.86. The monoisotopic (exact) mass is 352 g/mol. The Hall–Kier alpha value is -3.08. The maximum absolute atomic E-state index is 12.7. The molecule has 2 amide bonds. The Balaban J connectivity index is 2.14. The van der Waals surface area contributed by atoms with E-state index in [1.54, 1.807) is 30.3 Å². The smallest absolute Gasteiger partial charge is 0.265 e. The fraction of sp³-hybridized carbons (Fsp3) is 0.238. The fourth-order valence-electron chi connectivity index (χ4n) is 2.43. The molecule has 2 rings (SSSR count). The van der Waals surface area contributed by atoms with Crippen LogP contribution in [0.3, 0.4) is 0 Å². The summed E-state index contributed by atoms with van der Waals surface area (Å²) in [6.07, 6.45) is 1.45. The van der Waals surface area contributed by atoms with E-state index in [1.165, 1.54) is 0 Å². The van der Waals surface area contributed by atoms with Gasteiger partial charge in [-0.1, -0.05) is 43.3 Å². The Morgan fingerprint density at radius 3 is 2.54 bits per heavy atom. The number of para-hydroxylation sites is 2. The summed E-state index contributed by atoms with van der Waals surface area (Å²) in [5.74, 6) is 0.111. The van der Waals surface area contributed by atoms with Crippen LogP contribution in [0.25, 0.3) is 0 Å². The van der Waals surface area contributed by atoms with E-state index in [0.29, 0.717) is 30.0 Å². The van der Waals surface area contributed by atoms with Gasteiger partial charge >= 0.3 is 0 Å². The maximum Gasteiger partial charge on any atom is 0.265 e. The van der Waals surface area contributed by atoms with Crippen molar-refractivity contribution in [2.45, 2.75) is 26.4 Å². The lowest BCUT2D eigenvalue weighted by Gasteiger charge is -2.19. The maximum atomic E-state index is 12.7. The number of rotatable bonds is 8. The molecule has 0 spiro atoms. The van der Waals surface area contributed by atoms with Crippen LogP contribution in [-0.4, -0.2) is 24.5 Å². The zero-order chi connectivity index (χ0) is 18.9. The van der Waals surface area contributed by atoms with Gasteiger partial charge in [-0.05, 0) is 37.1 Å². The van der Waals surface area contributed by atoms with Crippen LogP contribution in [0.15, 0.2) is 61.2 Å². The van der Waals surface area contributed by atoms with Crippen LogP contribution in [0.1, 0.15) is 29.3 Å². The zero-order valence-electron chi connectivity index (χ0n) is 15.1. The largest absolute Gasteiger partial charge is 0.480 e. The minimum absolute atomic E-state index is 0.270. The average molecular weight is 352 g/mol. The number of hydrogen-bond donors (Lipinski definition) is 2. The molecule has 0 aliphatic rings. The summed E-state index contributed by atoms with van der Waals surface area (Å²) in [6, 6.07) is 14.4. The molecule has 136 valence electrons. The fourth-order valence-corrected chi connectivity index (χ4v) is 2.43. The molecule has 2 aromatic rings. The lowest BCUT2D eigenvalue weighted by molar-refractivity contribution is -0.122. The van der Waals surface area contributed by atoms with Gasteiger partial charge in [0.1, 0.15) is 5.75 Å². The Bertz CT molecular complexity index is 786.